The highest BCUT2D eigenvalue weighted by Gasteiger charge is 2.15. The monoisotopic (exact) mass is 316 g/mol. The molecule has 0 unspecified atom stereocenters. The number of hydrogen-bond acceptors (Lipinski definition) is 4. The average Bonchev–Trinajstić information content (AvgIpc) is 3.08. The second-order valence-electron chi connectivity index (χ2n) is 4.72. The van der Waals surface area contributed by atoms with Gasteiger partial charge in [-0.2, -0.15) is 4.68 Å². The number of carboxylic acid groups (broad SMARTS) is 1. The number of halogens is 2. The smallest absolute Gasteiger partial charge is 0.337 e. The zero-order chi connectivity index (χ0) is 16.4. The van der Waals surface area contributed by atoms with Crippen molar-refractivity contribution in [2.45, 2.75) is 6.43 Å². The van der Waals surface area contributed by atoms with Crippen LogP contribution in [0.15, 0.2) is 48.8 Å². The Morgan fingerprint density at radius 3 is 2.57 bits per heavy atom. The number of tetrazole rings is 1. The van der Waals surface area contributed by atoms with E-state index in [1.165, 1.54) is 41.3 Å². The largest absolute Gasteiger partial charge is 0.478 e. The van der Waals surface area contributed by atoms with Gasteiger partial charge in [-0.1, -0.05) is 24.3 Å². The van der Waals surface area contributed by atoms with Gasteiger partial charge in [0.15, 0.2) is 0 Å². The minimum absolute atomic E-state index is 0.0303. The summed E-state index contributed by atoms with van der Waals surface area (Å²) in [5.41, 5.74) is 1.16. The van der Waals surface area contributed by atoms with Gasteiger partial charge in [-0.05, 0) is 39.8 Å². The van der Waals surface area contributed by atoms with Crippen molar-refractivity contribution in [3.63, 3.8) is 0 Å². The third-order valence-electron chi connectivity index (χ3n) is 3.29. The first-order chi connectivity index (χ1) is 11.1. The number of aromatic carboxylic acids is 1. The molecular formula is C15H10F2N4O2. The zero-order valence-corrected chi connectivity index (χ0v) is 11.6. The van der Waals surface area contributed by atoms with E-state index in [2.05, 4.69) is 15.5 Å². The van der Waals surface area contributed by atoms with E-state index in [1.54, 1.807) is 12.1 Å². The van der Waals surface area contributed by atoms with Crippen LogP contribution in [0.1, 0.15) is 22.3 Å². The quantitative estimate of drug-likeness (QED) is 0.800. The molecule has 0 radical (unpaired) electrons. The molecule has 1 aromatic heterocycles. The summed E-state index contributed by atoms with van der Waals surface area (Å²) in [6, 6.07) is 10.4. The minimum Gasteiger partial charge on any atom is -0.478 e. The van der Waals surface area contributed by atoms with Crippen LogP contribution in [-0.4, -0.2) is 31.3 Å². The molecule has 0 aliphatic rings. The Morgan fingerprint density at radius 2 is 1.91 bits per heavy atom. The fraction of sp³-hybridized carbons (Fsp3) is 0.0667. The lowest BCUT2D eigenvalue weighted by Crippen LogP contribution is -2.06. The molecule has 0 fully saturated rings. The van der Waals surface area contributed by atoms with Crippen molar-refractivity contribution in [2.24, 2.45) is 0 Å². The van der Waals surface area contributed by atoms with Crippen LogP contribution in [0.2, 0.25) is 0 Å². The fourth-order valence-corrected chi connectivity index (χ4v) is 2.21. The standard InChI is InChI=1S/C15H10F2N4O2/c16-14(17)11-3-1-2-9(6-11)10-4-5-13(12(7-10)15(22)23)21-8-18-19-20-21/h1-8,14H,(H,22,23). The number of alkyl halides is 2. The molecule has 0 bridgehead atoms. The van der Waals surface area contributed by atoms with Crippen LogP contribution in [-0.2, 0) is 0 Å². The van der Waals surface area contributed by atoms with Gasteiger partial charge in [-0.25, -0.2) is 13.6 Å². The second kappa shape index (κ2) is 5.91. The molecule has 3 aromatic rings. The van der Waals surface area contributed by atoms with Crippen molar-refractivity contribution in [2.75, 3.05) is 0 Å². The molecular weight excluding hydrogens is 306 g/mol. The van der Waals surface area contributed by atoms with Crippen LogP contribution in [0.4, 0.5) is 8.78 Å². The highest BCUT2D eigenvalue weighted by Crippen LogP contribution is 2.28. The topological polar surface area (TPSA) is 80.9 Å². The predicted molar refractivity (Wildman–Crippen MR) is 76.5 cm³/mol. The van der Waals surface area contributed by atoms with Crippen LogP contribution < -0.4 is 0 Å². The van der Waals surface area contributed by atoms with Crippen LogP contribution in [0.3, 0.4) is 0 Å². The molecule has 6 nitrogen and oxygen atoms in total. The maximum Gasteiger partial charge on any atom is 0.337 e. The van der Waals surface area contributed by atoms with Gasteiger partial charge in [-0.3, -0.25) is 0 Å². The number of nitrogens with zero attached hydrogens (tertiary/aromatic N) is 4. The Balaban J connectivity index is 2.10. The van der Waals surface area contributed by atoms with Crippen molar-refractivity contribution in [3.8, 4) is 16.8 Å². The van der Waals surface area contributed by atoms with Gasteiger partial charge in [0.2, 0.25) is 0 Å². The SMILES string of the molecule is O=C(O)c1cc(-c2cccc(C(F)F)c2)ccc1-n1cnnn1. The van der Waals surface area contributed by atoms with Crippen LogP contribution >= 0.6 is 0 Å². The highest BCUT2D eigenvalue weighted by atomic mass is 19.3. The summed E-state index contributed by atoms with van der Waals surface area (Å²) in [6.45, 7) is 0. The molecule has 0 aliphatic heterocycles. The summed E-state index contributed by atoms with van der Waals surface area (Å²) in [6.07, 6.45) is -1.31. The molecule has 0 spiro atoms. The third kappa shape index (κ3) is 2.91. The van der Waals surface area contributed by atoms with Gasteiger partial charge >= 0.3 is 5.97 Å². The Kier molecular flexibility index (Phi) is 3.80. The van der Waals surface area contributed by atoms with E-state index in [0.717, 1.165) is 0 Å². The van der Waals surface area contributed by atoms with Crippen molar-refractivity contribution in [1.29, 1.82) is 0 Å². The summed E-state index contributed by atoms with van der Waals surface area (Å²) in [5, 5.41) is 20.0. The molecule has 0 aliphatic carbocycles. The first kappa shape index (κ1) is 14.8. The van der Waals surface area contributed by atoms with Crippen molar-refractivity contribution in [3.05, 3.63) is 59.9 Å². The number of rotatable bonds is 4. The van der Waals surface area contributed by atoms with E-state index in [4.69, 9.17) is 0 Å². The third-order valence-corrected chi connectivity index (χ3v) is 3.29. The molecule has 1 heterocycles. The number of aromatic nitrogens is 4. The summed E-state index contributed by atoms with van der Waals surface area (Å²) in [4.78, 5) is 11.5. The summed E-state index contributed by atoms with van der Waals surface area (Å²) in [7, 11) is 0. The number of carbonyl (C=O) groups is 1. The molecule has 116 valence electrons. The van der Waals surface area contributed by atoms with Crippen molar-refractivity contribution >= 4 is 5.97 Å². The Labute approximate surface area is 129 Å². The van der Waals surface area contributed by atoms with Crippen LogP contribution in [0.5, 0.6) is 0 Å². The van der Waals surface area contributed by atoms with Gasteiger partial charge in [0.1, 0.15) is 6.33 Å². The predicted octanol–water partition coefficient (Wildman–Crippen LogP) is 2.97. The van der Waals surface area contributed by atoms with Gasteiger partial charge in [0, 0.05) is 5.56 Å². The van der Waals surface area contributed by atoms with Gasteiger partial charge in [-0.15, -0.1) is 5.10 Å². The highest BCUT2D eigenvalue weighted by molar-refractivity contribution is 5.93. The van der Waals surface area contributed by atoms with Gasteiger partial charge in [0.05, 0.1) is 11.3 Å². The van der Waals surface area contributed by atoms with Crippen LogP contribution in [0, 0.1) is 0 Å². The second-order valence-corrected chi connectivity index (χ2v) is 4.72. The van der Waals surface area contributed by atoms with E-state index in [1.807, 2.05) is 0 Å². The fourth-order valence-electron chi connectivity index (χ4n) is 2.21. The van der Waals surface area contributed by atoms with Crippen LogP contribution in [0.25, 0.3) is 16.8 Å². The van der Waals surface area contributed by atoms with Gasteiger partial charge in [0.25, 0.3) is 6.43 Å². The Morgan fingerprint density at radius 1 is 1.13 bits per heavy atom. The summed E-state index contributed by atoms with van der Waals surface area (Å²) < 4.78 is 26.8. The zero-order valence-electron chi connectivity index (χ0n) is 11.6. The number of hydrogen-bond donors (Lipinski definition) is 1. The summed E-state index contributed by atoms with van der Waals surface area (Å²) in [5.74, 6) is -1.16. The lowest BCUT2D eigenvalue weighted by molar-refractivity contribution is 0.0696. The molecule has 2 aromatic carbocycles. The Bertz CT molecular complexity index is 850. The molecule has 0 saturated heterocycles. The maximum atomic E-state index is 12.8. The Hall–Kier alpha value is -3.16. The maximum absolute atomic E-state index is 12.8. The molecule has 0 amide bonds. The minimum atomic E-state index is -2.59. The average molecular weight is 316 g/mol. The van der Waals surface area contributed by atoms with E-state index in [0.29, 0.717) is 11.1 Å². The summed E-state index contributed by atoms with van der Waals surface area (Å²) >= 11 is 0. The first-order valence-corrected chi connectivity index (χ1v) is 6.55. The van der Waals surface area contributed by atoms with E-state index in [9.17, 15) is 18.7 Å². The molecule has 23 heavy (non-hydrogen) atoms. The van der Waals surface area contributed by atoms with E-state index in [-0.39, 0.29) is 16.8 Å². The normalized spacial score (nSPS) is 10.9. The molecule has 0 atom stereocenters. The lowest BCUT2D eigenvalue weighted by atomic mass is 10.00. The molecule has 3 rings (SSSR count). The van der Waals surface area contributed by atoms with E-state index >= 15 is 0 Å². The van der Waals surface area contributed by atoms with Crippen molar-refractivity contribution in [1.82, 2.24) is 20.2 Å². The molecule has 8 heteroatoms. The van der Waals surface area contributed by atoms with Gasteiger partial charge < -0.3 is 5.11 Å². The first-order valence-electron chi connectivity index (χ1n) is 6.55. The number of benzene rings is 2. The molecule has 1 N–H and O–H groups in total. The van der Waals surface area contributed by atoms with Crippen molar-refractivity contribution < 1.29 is 18.7 Å². The van der Waals surface area contributed by atoms with E-state index < -0.39 is 12.4 Å². The molecule has 0 saturated carbocycles. The number of carboxylic acids is 1. The lowest BCUT2D eigenvalue weighted by Gasteiger charge is -2.09.